The van der Waals surface area contributed by atoms with Crippen LogP contribution in [0.2, 0.25) is 5.02 Å². The van der Waals surface area contributed by atoms with Crippen molar-refractivity contribution in [3.8, 4) is 24.0 Å². The van der Waals surface area contributed by atoms with Crippen molar-refractivity contribution in [1.29, 1.82) is 0 Å². The number of carbonyl (C=O) groups is 1. The lowest BCUT2D eigenvalue weighted by molar-refractivity contribution is -0.107. The molecule has 0 atom stereocenters. The van der Waals surface area contributed by atoms with E-state index in [0.717, 1.165) is 26.2 Å². The average Bonchev–Trinajstić information content (AvgIpc) is 3.67. The molecule has 0 spiro atoms. The normalized spacial score (nSPS) is 12.3. The number of rotatable bonds is 4. The molecule has 0 aliphatic heterocycles. The highest BCUT2D eigenvalue weighted by Crippen LogP contribution is 2.45. The second-order valence-corrected chi connectivity index (χ2v) is 9.26. The van der Waals surface area contributed by atoms with Gasteiger partial charge in [0.25, 0.3) is 5.56 Å². The van der Waals surface area contributed by atoms with Crippen LogP contribution in [0.1, 0.15) is 50.8 Å². The number of carbonyl (C=O) groups excluding carboxylic acids is 1. The van der Waals surface area contributed by atoms with Gasteiger partial charge in [-0.15, -0.1) is 12.8 Å². The second-order valence-electron chi connectivity index (χ2n) is 8.88. The maximum absolute atomic E-state index is 14.9. The van der Waals surface area contributed by atoms with Gasteiger partial charge in [0.05, 0.1) is 10.6 Å². The molecule has 0 radical (unpaired) electrons. The molecule has 0 bridgehead atoms. The minimum atomic E-state index is -0.500. The van der Waals surface area contributed by atoms with E-state index in [1.807, 2.05) is 12.1 Å². The molecular weight excluding hydrogens is 469 g/mol. The van der Waals surface area contributed by atoms with E-state index in [1.54, 1.807) is 52.1 Å². The van der Waals surface area contributed by atoms with Crippen LogP contribution in [0.5, 0.6) is 0 Å². The van der Waals surface area contributed by atoms with Gasteiger partial charge in [0.15, 0.2) is 0 Å². The monoisotopic (exact) mass is 501 g/mol. The molecule has 0 unspecified atom stereocenters. The molecule has 1 fully saturated rings. The number of hydrogen-bond acceptors (Lipinski definition) is 4. The van der Waals surface area contributed by atoms with Gasteiger partial charge in [-0.05, 0) is 56.5 Å². The molecule has 0 amide bonds. The lowest BCUT2D eigenvalue weighted by Crippen LogP contribution is -2.22. The van der Waals surface area contributed by atoms with Gasteiger partial charge in [-0.1, -0.05) is 41.9 Å². The van der Waals surface area contributed by atoms with Crippen LogP contribution in [-0.2, 0) is 18.3 Å². The first kappa shape index (κ1) is 30.1. The number of aldehydes is 1. The van der Waals surface area contributed by atoms with Crippen LogP contribution in [-0.4, -0.2) is 33.8 Å². The zero-order valence-corrected chi connectivity index (χ0v) is 21.6. The summed E-state index contributed by atoms with van der Waals surface area (Å²) in [6.45, 7) is 5.23. The molecule has 2 N–H and O–H groups in total. The highest BCUT2D eigenvalue weighted by Gasteiger charge is 2.29. The molecule has 188 valence electrons. The van der Waals surface area contributed by atoms with Crippen LogP contribution < -0.4 is 5.56 Å². The van der Waals surface area contributed by atoms with Crippen molar-refractivity contribution in [3.05, 3.63) is 68.8 Å². The number of fused-ring (bicyclic) bond motifs is 1. The summed E-state index contributed by atoms with van der Waals surface area (Å²) in [5.74, 6) is -0.158. The number of halogens is 2. The van der Waals surface area contributed by atoms with Gasteiger partial charge in [0.2, 0.25) is 0 Å². The number of hydrogen-bond donors (Lipinski definition) is 2. The molecule has 1 aromatic heterocycles. The minimum Gasteiger partial charge on any atom is -0.400 e. The number of aliphatic hydroxyl groups excluding tert-OH is 1. The summed E-state index contributed by atoms with van der Waals surface area (Å²) in [5.41, 5.74) is 1.64. The van der Waals surface area contributed by atoms with Crippen LogP contribution in [0.3, 0.4) is 0 Å². The number of terminal acetylenes is 1. The van der Waals surface area contributed by atoms with E-state index in [-0.39, 0.29) is 22.9 Å². The summed E-state index contributed by atoms with van der Waals surface area (Å²) in [6.07, 6.45) is 10.8. The summed E-state index contributed by atoms with van der Waals surface area (Å²) in [5, 5.41) is 16.8. The molecule has 4 rings (SSSR count). The van der Waals surface area contributed by atoms with E-state index in [1.165, 1.54) is 4.57 Å². The van der Waals surface area contributed by atoms with Crippen molar-refractivity contribution in [2.75, 3.05) is 7.11 Å². The van der Waals surface area contributed by atoms with Crippen molar-refractivity contribution in [1.82, 2.24) is 4.57 Å². The van der Waals surface area contributed by atoms with E-state index in [2.05, 4.69) is 12.8 Å². The number of aliphatic hydroxyl groups is 2. The largest absolute Gasteiger partial charge is 0.400 e. The van der Waals surface area contributed by atoms with Gasteiger partial charge >= 0.3 is 0 Å². The summed E-state index contributed by atoms with van der Waals surface area (Å²) in [4.78, 5) is 23.9. The third-order valence-electron chi connectivity index (χ3n) is 5.10. The van der Waals surface area contributed by atoms with E-state index in [0.29, 0.717) is 33.2 Å². The lowest BCUT2D eigenvalue weighted by Gasteiger charge is -2.18. The fraction of sp³-hybridized carbons (Fsp3) is 0.357. The average molecular weight is 502 g/mol. The number of pyridine rings is 1. The predicted octanol–water partition coefficient (Wildman–Crippen LogP) is 5.25. The molecule has 1 aliphatic rings. The first-order chi connectivity index (χ1) is 16.5. The summed E-state index contributed by atoms with van der Waals surface area (Å²) >= 11 is 6.42. The zero-order valence-electron chi connectivity index (χ0n) is 20.8. The van der Waals surface area contributed by atoms with E-state index >= 15 is 0 Å². The molecule has 35 heavy (non-hydrogen) atoms. The Kier molecular flexibility index (Phi) is 11.3. The van der Waals surface area contributed by atoms with E-state index < -0.39 is 11.4 Å². The molecule has 1 heterocycles. The standard InChI is InChI=1S/C21H17ClFNO2.C4H10O.C2H2.CH4O/c1-24-17(10-11-25)18(14-4-2-3-5-15(14)21(24)26)16-9-8-13(12-6-7-12)20(23)19(16)22;1-4(2,3)5;2*1-2/h2-5,8-9,11-12H,6-7,10H2,1H3;5H,1-3H3;1-2H;2H,1H3. The van der Waals surface area contributed by atoms with Gasteiger partial charge in [-0.25, -0.2) is 4.39 Å². The Bertz CT molecular complexity index is 1230. The van der Waals surface area contributed by atoms with Crippen LogP contribution in [0.25, 0.3) is 21.9 Å². The fourth-order valence-corrected chi connectivity index (χ4v) is 3.87. The van der Waals surface area contributed by atoms with Crippen LogP contribution in [0.4, 0.5) is 4.39 Å². The number of aromatic nitrogens is 1. The molecule has 3 aromatic rings. The Morgan fingerprint density at radius 1 is 1.11 bits per heavy atom. The van der Waals surface area contributed by atoms with Gasteiger partial charge in [-0.2, -0.15) is 0 Å². The molecule has 5 nitrogen and oxygen atoms in total. The van der Waals surface area contributed by atoms with Crippen molar-refractivity contribution in [2.24, 2.45) is 7.05 Å². The lowest BCUT2D eigenvalue weighted by atomic mass is 9.94. The maximum atomic E-state index is 14.9. The number of nitrogens with zero attached hydrogens (tertiary/aromatic N) is 1. The van der Waals surface area contributed by atoms with Crippen LogP contribution in [0, 0.1) is 18.7 Å². The third kappa shape index (κ3) is 7.50. The topological polar surface area (TPSA) is 79.5 Å². The molecule has 0 saturated heterocycles. The fourth-order valence-electron chi connectivity index (χ4n) is 3.60. The van der Waals surface area contributed by atoms with Crippen molar-refractivity contribution in [2.45, 2.75) is 51.6 Å². The quantitative estimate of drug-likeness (QED) is 0.378. The molecule has 1 aliphatic carbocycles. The first-order valence-corrected chi connectivity index (χ1v) is 11.4. The maximum Gasteiger partial charge on any atom is 0.258 e. The minimum absolute atomic E-state index is 0.0466. The van der Waals surface area contributed by atoms with Crippen molar-refractivity contribution in [3.63, 3.8) is 0 Å². The molecule has 7 heteroatoms. The smallest absolute Gasteiger partial charge is 0.258 e. The number of benzene rings is 2. The van der Waals surface area contributed by atoms with Crippen LogP contribution in [0.15, 0.2) is 41.2 Å². The van der Waals surface area contributed by atoms with Crippen LogP contribution >= 0.6 is 11.6 Å². The highest BCUT2D eigenvalue weighted by atomic mass is 35.5. The predicted molar refractivity (Wildman–Crippen MR) is 141 cm³/mol. The zero-order chi connectivity index (χ0) is 26.9. The molecular formula is C28H33ClFNO4. The van der Waals surface area contributed by atoms with E-state index in [9.17, 15) is 14.0 Å². The third-order valence-corrected chi connectivity index (χ3v) is 5.47. The Morgan fingerprint density at radius 3 is 2.11 bits per heavy atom. The second kappa shape index (κ2) is 13.2. The summed E-state index contributed by atoms with van der Waals surface area (Å²) in [6, 6.07) is 10.7. The van der Waals surface area contributed by atoms with Gasteiger partial charge < -0.3 is 19.6 Å². The highest BCUT2D eigenvalue weighted by molar-refractivity contribution is 6.34. The Labute approximate surface area is 211 Å². The van der Waals surface area contributed by atoms with Gasteiger partial charge in [0, 0.05) is 42.8 Å². The summed E-state index contributed by atoms with van der Waals surface area (Å²) < 4.78 is 16.3. The van der Waals surface area contributed by atoms with Crippen molar-refractivity contribution < 1.29 is 19.4 Å². The first-order valence-electron chi connectivity index (χ1n) is 11.1. The van der Waals surface area contributed by atoms with E-state index in [4.69, 9.17) is 21.8 Å². The Hall–Kier alpha value is -2.98. The Morgan fingerprint density at radius 2 is 1.63 bits per heavy atom. The summed E-state index contributed by atoms with van der Waals surface area (Å²) in [7, 11) is 2.62. The van der Waals surface area contributed by atoms with Crippen molar-refractivity contribution >= 4 is 28.7 Å². The molecule has 1 saturated carbocycles. The van der Waals surface area contributed by atoms with Gasteiger partial charge in [0.1, 0.15) is 12.1 Å². The van der Waals surface area contributed by atoms with Gasteiger partial charge in [-0.3, -0.25) is 4.79 Å². The molecule has 2 aromatic carbocycles. The SMILES string of the molecule is C#C.CC(C)(C)O.CO.Cn1c(CC=O)c(-c2ccc(C3CC3)c(F)c2Cl)c2ccccc2c1=O. The Balaban J connectivity index is 0.000000598.